The van der Waals surface area contributed by atoms with Crippen molar-refractivity contribution in [1.82, 2.24) is 9.88 Å². The Balaban J connectivity index is 0.00000196. The van der Waals surface area contributed by atoms with E-state index in [0.717, 1.165) is 36.9 Å². The van der Waals surface area contributed by atoms with Crippen LogP contribution in [0.15, 0.2) is 64.8 Å². The van der Waals surface area contributed by atoms with Crippen LogP contribution in [-0.4, -0.2) is 47.1 Å². The fraction of sp³-hybridized carbons (Fsp3) is 0.211. The monoisotopic (exact) mass is 386 g/mol. The number of aliphatic imine (C=N–C) groups is 1. The molecule has 0 aliphatic carbocycles. The zero-order valence-corrected chi connectivity index (χ0v) is 15.7. The number of hydrogen-bond acceptors (Lipinski definition) is 5. The van der Waals surface area contributed by atoms with Gasteiger partial charge in [-0.15, -0.1) is 12.4 Å². The normalized spacial score (nSPS) is 18.7. The van der Waals surface area contributed by atoms with Crippen molar-refractivity contribution in [2.75, 3.05) is 31.1 Å². The Labute approximate surface area is 163 Å². The third kappa shape index (κ3) is 4.08. The van der Waals surface area contributed by atoms with Crippen molar-refractivity contribution in [3.8, 4) is 0 Å². The molecule has 0 atom stereocenters. The van der Waals surface area contributed by atoms with E-state index in [2.05, 4.69) is 44.0 Å². The van der Waals surface area contributed by atoms with Gasteiger partial charge in [0.1, 0.15) is 0 Å². The molecule has 5 nitrogen and oxygen atoms in total. The molecule has 1 aromatic heterocycles. The van der Waals surface area contributed by atoms with Crippen molar-refractivity contribution < 1.29 is 4.79 Å². The highest BCUT2D eigenvalue weighted by Crippen LogP contribution is 2.30. The van der Waals surface area contributed by atoms with Crippen molar-refractivity contribution in [2.45, 2.75) is 0 Å². The lowest BCUT2D eigenvalue weighted by atomic mass is 10.2. The third-order valence-corrected chi connectivity index (χ3v) is 5.33. The number of amides is 1. The van der Waals surface area contributed by atoms with Gasteiger partial charge in [-0.1, -0.05) is 18.2 Å². The van der Waals surface area contributed by atoms with E-state index in [1.54, 1.807) is 12.4 Å². The predicted molar refractivity (Wildman–Crippen MR) is 110 cm³/mol. The van der Waals surface area contributed by atoms with E-state index in [1.807, 2.05) is 24.3 Å². The number of thioether (sulfide) groups is 1. The molecule has 2 aromatic rings. The van der Waals surface area contributed by atoms with E-state index in [1.165, 1.54) is 17.4 Å². The van der Waals surface area contributed by atoms with Crippen LogP contribution < -0.4 is 4.90 Å². The topological polar surface area (TPSA) is 48.8 Å². The standard InChI is InChI=1S/C19H18N4OS.ClH/c24-18-17(14-15-6-8-20-9-7-15)25-19(21-18)23-12-10-22(11-13-23)16-4-2-1-3-5-16;/h1-9,14H,10-13H2;1H. The molecule has 0 bridgehead atoms. The van der Waals surface area contributed by atoms with Crippen LogP contribution in [0.4, 0.5) is 5.69 Å². The van der Waals surface area contributed by atoms with Gasteiger partial charge in [-0.2, -0.15) is 4.99 Å². The van der Waals surface area contributed by atoms with Crippen molar-refractivity contribution in [1.29, 1.82) is 0 Å². The van der Waals surface area contributed by atoms with Gasteiger partial charge in [0, 0.05) is 44.3 Å². The fourth-order valence-electron chi connectivity index (χ4n) is 2.94. The molecule has 1 fully saturated rings. The number of nitrogens with zero attached hydrogens (tertiary/aromatic N) is 4. The quantitative estimate of drug-likeness (QED) is 0.741. The van der Waals surface area contributed by atoms with Gasteiger partial charge in [0.25, 0.3) is 5.91 Å². The summed E-state index contributed by atoms with van der Waals surface area (Å²) in [4.78, 5) is 25.7. The highest BCUT2D eigenvalue weighted by Gasteiger charge is 2.28. The van der Waals surface area contributed by atoms with Gasteiger partial charge in [0.15, 0.2) is 5.17 Å². The van der Waals surface area contributed by atoms with Gasteiger partial charge < -0.3 is 9.80 Å². The van der Waals surface area contributed by atoms with Crippen LogP contribution in [-0.2, 0) is 4.79 Å². The van der Waals surface area contributed by atoms with E-state index in [0.29, 0.717) is 4.91 Å². The van der Waals surface area contributed by atoms with E-state index >= 15 is 0 Å². The minimum absolute atomic E-state index is 0. The molecule has 0 saturated carbocycles. The molecule has 1 saturated heterocycles. The number of amidine groups is 1. The summed E-state index contributed by atoms with van der Waals surface area (Å²) < 4.78 is 0. The van der Waals surface area contributed by atoms with E-state index in [4.69, 9.17) is 0 Å². The van der Waals surface area contributed by atoms with Crippen LogP contribution in [0.1, 0.15) is 5.56 Å². The molecule has 2 aliphatic heterocycles. The lowest BCUT2D eigenvalue weighted by molar-refractivity contribution is -0.113. The second-order valence-corrected chi connectivity index (χ2v) is 6.91. The predicted octanol–water partition coefficient (Wildman–Crippen LogP) is 3.30. The highest BCUT2D eigenvalue weighted by molar-refractivity contribution is 8.18. The number of benzene rings is 1. The second-order valence-electron chi connectivity index (χ2n) is 5.90. The SMILES string of the molecule is Cl.O=C1N=C(N2CCN(c3ccccc3)CC2)SC1=Cc1ccncc1. The van der Waals surface area contributed by atoms with Crippen LogP contribution in [0, 0.1) is 0 Å². The van der Waals surface area contributed by atoms with Crippen molar-refractivity contribution >= 4 is 47.0 Å². The molecule has 1 amide bonds. The van der Waals surface area contributed by atoms with E-state index < -0.39 is 0 Å². The lowest BCUT2D eigenvalue weighted by Crippen LogP contribution is -2.47. The van der Waals surface area contributed by atoms with Gasteiger partial charge in [-0.25, -0.2) is 0 Å². The van der Waals surface area contributed by atoms with Crippen LogP contribution >= 0.6 is 24.2 Å². The van der Waals surface area contributed by atoms with Crippen LogP contribution in [0.2, 0.25) is 0 Å². The Bertz CT molecular complexity index is 818. The number of hydrogen-bond donors (Lipinski definition) is 0. The Hall–Kier alpha value is -2.31. The average molecular weight is 387 g/mol. The zero-order chi connectivity index (χ0) is 17.1. The number of aromatic nitrogens is 1. The summed E-state index contributed by atoms with van der Waals surface area (Å²) in [5.41, 5.74) is 2.22. The van der Waals surface area contributed by atoms with E-state index in [9.17, 15) is 4.79 Å². The van der Waals surface area contributed by atoms with Gasteiger partial charge in [0.2, 0.25) is 0 Å². The molecule has 3 heterocycles. The van der Waals surface area contributed by atoms with E-state index in [-0.39, 0.29) is 18.3 Å². The minimum atomic E-state index is -0.151. The van der Waals surface area contributed by atoms with Crippen LogP contribution in [0.25, 0.3) is 6.08 Å². The molecule has 134 valence electrons. The molecule has 7 heteroatoms. The first-order chi connectivity index (χ1) is 12.3. The van der Waals surface area contributed by atoms with Crippen LogP contribution in [0.3, 0.4) is 0 Å². The summed E-state index contributed by atoms with van der Waals surface area (Å²) >= 11 is 1.47. The average Bonchev–Trinajstić information content (AvgIpc) is 3.04. The van der Waals surface area contributed by atoms with Crippen LogP contribution in [0.5, 0.6) is 0 Å². The maximum absolute atomic E-state index is 12.2. The summed E-state index contributed by atoms with van der Waals surface area (Å²) in [7, 11) is 0. The minimum Gasteiger partial charge on any atom is -0.368 e. The lowest BCUT2D eigenvalue weighted by Gasteiger charge is -2.36. The van der Waals surface area contributed by atoms with Crippen molar-refractivity contribution in [3.05, 3.63) is 65.3 Å². The van der Waals surface area contributed by atoms with Gasteiger partial charge in [-0.3, -0.25) is 9.78 Å². The zero-order valence-electron chi connectivity index (χ0n) is 14.1. The number of pyridine rings is 1. The smallest absolute Gasteiger partial charge is 0.286 e. The largest absolute Gasteiger partial charge is 0.368 e. The first kappa shape index (κ1) is 18.5. The number of para-hydroxylation sites is 1. The number of carbonyl (C=O) groups excluding carboxylic acids is 1. The Morgan fingerprint density at radius 2 is 1.58 bits per heavy atom. The second kappa shape index (κ2) is 8.38. The molecule has 0 spiro atoms. The van der Waals surface area contributed by atoms with Gasteiger partial charge in [-0.05, 0) is 47.7 Å². The molecule has 4 rings (SSSR count). The van der Waals surface area contributed by atoms with Gasteiger partial charge in [0.05, 0.1) is 4.91 Å². The maximum Gasteiger partial charge on any atom is 0.286 e. The Kier molecular flexibility index (Phi) is 5.96. The summed E-state index contributed by atoms with van der Waals surface area (Å²) in [5, 5.41) is 0.818. The molecule has 26 heavy (non-hydrogen) atoms. The molecular weight excluding hydrogens is 368 g/mol. The number of piperazine rings is 1. The number of halogens is 1. The fourth-order valence-corrected chi connectivity index (χ4v) is 3.90. The Morgan fingerprint density at radius 1 is 0.923 bits per heavy atom. The first-order valence-electron chi connectivity index (χ1n) is 8.27. The van der Waals surface area contributed by atoms with Crippen molar-refractivity contribution in [2.24, 2.45) is 4.99 Å². The first-order valence-corrected chi connectivity index (χ1v) is 9.09. The molecule has 0 unspecified atom stereocenters. The van der Waals surface area contributed by atoms with Crippen molar-refractivity contribution in [3.63, 3.8) is 0 Å². The molecular formula is C19H19ClN4OS. The number of carbonyl (C=O) groups is 1. The molecule has 1 aromatic carbocycles. The number of rotatable bonds is 2. The van der Waals surface area contributed by atoms with Gasteiger partial charge >= 0.3 is 0 Å². The number of anilines is 1. The third-order valence-electron chi connectivity index (χ3n) is 4.28. The molecule has 0 N–H and O–H groups in total. The summed E-state index contributed by atoms with van der Waals surface area (Å²) in [5.74, 6) is -0.151. The summed E-state index contributed by atoms with van der Waals surface area (Å²) in [6.45, 7) is 3.61. The maximum atomic E-state index is 12.2. The summed E-state index contributed by atoms with van der Waals surface area (Å²) in [6.07, 6.45) is 5.33. The molecule has 2 aliphatic rings. The summed E-state index contributed by atoms with van der Waals surface area (Å²) in [6, 6.07) is 14.2. The highest BCUT2D eigenvalue weighted by atomic mass is 35.5. The molecule has 0 radical (unpaired) electrons. The Morgan fingerprint density at radius 3 is 2.27 bits per heavy atom.